The standard InChI is InChI=1S/C18H17NO/c1-14(20)12-17-9-5-8-16-10-11-19(18(16)17)13-15-6-3-2-4-7-15/h2-11H,12-13H2,1H3. The van der Waals surface area contributed by atoms with Gasteiger partial charge in [-0.25, -0.2) is 0 Å². The summed E-state index contributed by atoms with van der Waals surface area (Å²) in [6.45, 7) is 2.47. The molecule has 0 fully saturated rings. The molecule has 0 aliphatic rings. The molecule has 0 unspecified atom stereocenters. The van der Waals surface area contributed by atoms with Crippen molar-refractivity contribution in [3.8, 4) is 0 Å². The summed E-state index contributed by atoms with van der Waals surface area (Å²) in [6, 6.07) is 18.7. The van der Waals surface area contributed by atoms with Gasteiger partial charge in [-0.3, -0.25) is 4.79 Å². The van der Waals surface area contributed by atoms with Crippen molar-refractivity contribution >= 4 is 16.7 Å². The van der Waals surface area contributed by atoms with Crippen LogP contribution in [0.3, 0.4) is 0 Å². The van der Waals surface area contributed by atoms with Gasteiger partial charge in [0.2, 0.25) is 0 Å². The highest BCUT2D eigenvalue weighted by molar-refractivity contribution is 5.88. The highest BCUT2D eigenvalue weighted by Crippen LogP contribution is 2.22. The van der Waals surface area contributed by atoms with Crippen molar-refractivity contribution < 1.29 is 4.79 Å². The summed E-state index contributed by atoms with van der Waals surface area (Å²) in [6.07, 6.45) is 2.59. The van der Waals surface area contributed by atoms with Crippen LogP contribution in [-0.2, 0) is 17.8 Å². The number of nitrogens with zero attached hydrogens (tertiary/aromatic N) is 1. The number of hydrogen-bond acceptors (Lipinski definition) is 1. The molecule has 0 radical (unpaired) electrons. The third-order valence-electron chi connectivity index (χ3n) is 3.51. The molecule has 0 amide bonds. The van der Waals surface area contributed by atoms with E-state index in [2.05, 4.69) is 47.2 Å². The molecule has 2 heteroatoms. The van der Waals surface area contributed by atoms with Crippen molar-refractivity contribution in [2.24, 2.45) is 0 Å². The number of carbonyl (C=O) groups excluding carboxylic acids is 1. The van der Waals surface area contributed by atoms with E-state index in [0.29, 0.717) is 6.42 Å². The molecule has 100 valence electrons. The van der Waals surface area contributed by atoms with Crippen LogP contribution in [0.4, 0.5) is 0 Å². The maximum atomic E-state index is 11.4. The summed E-state index contributed by atoms with van der Waals surface area (Å²) < 4.78 is 2.23. The van der Waals surface area contributed by atoms with E-state index >= 15 is 0 Å². The Kier molecular flexibility index (Phi) is 3.38. The van der Waals surface area contributed by atoms with Gasteiger partial charge >= 0.3 is 0 Å². The number of fused-ring (bicyclic) bond motifs is 1. The molecule has 0 bridgehead atoms. The van der Waals surface area contributed by atoms with Crippen LogP contribution in [0.25, 0.3) is 10.9 Å². The number of ketones is 1. The Balaban J connectivity index is 2.05. The highest BCUT2D eigenvalue weighted by atomic mass is 16.1. The second-order valence-electron chi connectivity index (χ2n) is 5.16. The number of para-hydroxylation sites is 1. The average molecular weight is 263 g/mol. The molecule has 0 spiro atoms. The fraction of sp³-hybridized carbons (Fsp3) is 0.167. The van der Waals surface area contributed by atoms with Gasteiger partial charge < -0.3 is 4.57 Å². The van der Waals surface area contributed by atoms with E-state index < -0.39 is 0 Å². The second-order valence-corrected chi connectivity index (χ2v) is 5.16. The Morgan fingerprint density at radius 1 is 1.00 bits per heavy atom. The van der Waals surface area contributed by atoms with Crippen LogP contribution in [0.2, 0.25) is 0 Å². The Labute approximate surface area is 118 Å². The largest absolute Gasteiger partial charge is 0.343 e. The molecule has 0 atom stereocenters. The molecular formula is C18H17NO. The van der Waals surface area contributed by atoms with E-state index in [9.17, 15) is 4.79 Å². The minimum absolute atomic E-state index is 0.199. The lowest BCUT2D eigenvalue weighted by molar-refractivity contribution is -0.116. The Bertz CT molecular complexity index is 740. The van der Waals surface area contributed by atoms with Crippen molar-refractivity contribution in [1.29, 1.82) is 0 Å². The average Bonchev–Trinajstić information content (AvgIpc) is 2.84. The van der Waals surface area contributed by atoms with Crippen LogP contribution < -0.4 is 0 Å². The van der Waals surface area contributed by atoms with E-state index in [0.717, 1.165) is 12.1 Å². The van der Waals surface area contributed by atoms with Crippen molar-refractivity contribution in [3.63, 3.8) is 0 Å². The normalized spacial score (nSPS) is 10.8. The van der Waals surface area contributed by atoms with Crippen molar-refractivity contribution in [1.82, 2.24) is 4.57 Å². The second kappa shape index (κ2) is 5.33. The smallest absolute Gasteiger partial charge is 0.134 e. The molecular weight excluding hydrogens is 246 g/mol. The quantitative estimate of drug-likeness (QED) is 0.701. The number of Topliss-reactive ketones (excluding diaryl/α,β-unsaturated/α-hetero) is 1. The third-order valence-corrected chi connectivity index (χ3v) is 3.51. The maximum absolute atomic E-state index is 11.4. The van der Waals surface area contributed by atoms with Crippen LogP contribution >= 0.6 is 0 Å². The SMILES string of the molecule is CC(=O)Cc1cccc2ccn(Cc3ccccc3)c12. The number of carbonyl (C=O) groups is 1. The summed E-state index contributed by atoms with van der Waals surface area (Å²) in [5.41, 5.74) is 3.55. The van der Waals surface area contributed by atoms with Crippen LogP contribution in [0.5, 0.6) is 0 Å². The van der Waals surface area contributed by atoms with Crippen LogP contribution in [-0.4, -0.2) is 10.4 Å². The van der Waals surface area contributed by atoms with E-state index in [1.54, 1.807) is 6.92 Å². The predicted octanol–water partition coefficient (Wildman–Crippen LogP) is 3.82. The molecule has 1 aromatic heterocycles. The number of aromatic nitrogens is 1. The van der Waals surface area contributed by atoms with Crippen LogP contribution in [0.15, 0.2) is 60.8 Å². The molecule has 0 N–H and O–H groups in total. The maximum Gasteiger partial charge on any atom is 0.134 e. The lowest BCUT2D eigenvalue weighted by Crippen LogP contribution is -2.03. The summed E-state index contributed by atoms with van der Waals surface area (Å²) in [5, 5.41) is 1.19. The van der Waals surface area contributed by atoms with Gasteiger partial charge in [-0.1, -0.05) is 48.5 Å². The fourth-order valence-electron chi connectivity index (χ4n) is 2.66. The van der Waals surface area contributed by atoms with Crippen LogP contribution in [0, 0.1) is 0 Å². The van der Waals surface area contributed by atoms with Crippen molar-refractivity contribution in [2.45, 2.75) is 19.9 Å². The fourth-order valence-corrected chi connectivity index (χ4v) is 2.66. The minimum Gasteiger partial charge on any atom is -0.343 e. The van der Waals surface area contributed by atoms with Gasteiger partial charge in [0, 0.05) is 19.2 Å². The van der Waals surface area contributed by atoms with Gasteiger partial charge in [0.05, 0.1) is 5.52 Å². The molecule has 0 aliphatic carbocycles. The topological polar surface area (TPSA) is 22.0 Å². The minimum atomic E-state index is 0.199. The van der Waals surface area contributed by atoms with Gasteiger partial charge in [-0.05, 0) is 29.5 Å². The first-order chi connectivity index (χ1) is 9.74. The summed E-state index contributed by atoms with van der Waals surface area (Å²) in [5.74, 6) is 0.199. The Hall–Kier alpha value is -2.35. The van der Waals surface area contributed by atoms with Gasteiger partial charge in [0.1, 0.15) is 5.78 Å². The number of rotatable bonds is 4. The van der Waals surface area contributed by atoms with Gasteiger partial charge in [-0.2, -0.15) is 0 Å². The summed E-state index contributed by atoms with van der Waals surface area (Å²) >= 11 is 0. The number of hydrogen-bond donors (Lipinski definition) is 0. The van der Waals surface area contributed by atoms with E-state index in [1.807, 2.05) is 18.2 Å². The molecule has 3 rings (SSSR count). The molecule has 0 saturated carbocycles. The number of benzene rings is 2. The third kappa shape index (κ3) is 2.50. The van der Waals surface area contributed by atoms with E-state index in [-0.39, 0.29) is 5.78 Å². The summed E-state index contributed by atoms with van der Waals surface area (Å²) in [4.78, 5) is 11.4. The van der Waals surface area contributed by atoms with Crippen LogP contribution in [0.1, 0.15) is 18.1 Å². The monoisotopic (exact) mass is 263 g/mol. The predicted molar refractivity (Wildman–Crippen MR) is 81.9 cm³/mol. The van der Waals surface area contributed by atoms with Crippen molar-refractivity contribution in [2.75, 3.05) is 0 Å². The molecule has 20 heavy (non-hydrogen) atoms. The zero-order valence-corrected chi connectivity index (χ0v) is 11.5. The zero-order chi connectivity index (χ0) is 13.9. The first-order valence-electron chi connectivity index (χ1n) is 6.84. The van der Waals surface area contributed by atoms with Gasteiger partial charge in [-0.15, -0.1) is 0 Å². The molecule has 1 heterocycles. The first kappa shape index (κ1) is 12.7. The molecule has 0 aliphatic heterocycles. The lowest BCUT2D eigenvalue weighted by Gasteiger charge is -2.09. The molecule has 2 aromatic carbocycles. The highest BCUT2D eigenvalue weighted by Gasteiger charge is 2.08. The Morgan fingerprint density at radius 2 is 1.80 bits per heavy atom. The zero-order valence-electron chi connectivity index (χ0n) is 11.5. The van der Waals surface area contributed by atoms with E-state index in [1.165, 1.54) is 16.5 Å². The van der Waals surface area contributed by atoms with E-state index in [4.69, 9.17) is 0 Å². The lowest BCUT2D eigenvalue weighted by atomic mass is 10.1. The molecule has 0 saturated heterocycles. The summed E-state index contributed by atoms with van der Waals surface area (Å²) in [7, 11) is 0. The first-order valence-corrected chi connectivity index (χ1v) is 6.84. The van der Waals surface area contributed by atoms with Gasteiger partial charge in [0.25, 0.3) is 0 Å². The van der Waals surface area contributed by atoms with Gasteiger partial charge in [0.15, 0.2) is 0 Å². The molecule has 3 aromatic rings. The molecule has 2 nitrogen and oxygen atoms in total. The van der Waals surface area contributed by atoms with Crippen molar-refractivity contribution in [3.05, 3.63) is 71.9 Å². The Morgan fingerprint density at radius 3 is 2.55 bits per heavy atom.